The fourth-order valence-corrected chi connectivity index (χ4v) is 2.83. The summed E-state index contributed by atoms with van der Waals surface area (Å²) in [7, 11) is 0. The van der Waals surface area contributed by atoms with Crippen LogP contribution < -0.4 is 11.1 Å². The van der Waals surface area contributed by atoms with Crippen LogP contribution in [0.4, 0.5) is 11.8 Å². The number of aliphatic hydroxyl groups excluding tert-OH is 1. The number of anilines is 2. The number of hydrogen-bond acceptors (Lipinski definition) is 7. The molecule has 2 aromatic rings. The monoisotopic (exact) mass is 291 g/mol. The maximum atomic E-state index is 9.40. The number of hydrogen-bond donors (Lipinski definition) is 3. The fourth-order valence-electron chi connectivity index (χ4n) is 2.83. The van der Waals surface area contributed by atoms with Crippen molar-refractivity contribution in [3.05, 3.63) is 12.4 Å². The Hall–Kier alpha value is -1.93. The van der Waals surface area contributed by atoms with Gasteiger partial charge in [-0.15, -0.1) is 10.2 Å². The smallest absolute Gasteiger partial charge is 0.209 e. The quantitative estimate of drug-likeness (QED) is 0.710. The Morgan fingerprint density at radius 3 is 3.19 bits per heavy atom. The van der Waals surface area contributed by atoms with E-state index in [-0.39, 0.29) is 12.6 Å². The number of fused-ring (bicyclic) bond motifs is 1. The Bertz CT molecular complexity index is 599. The van der Waals surface area contributed by atoms with Gasteiger partial charge in [-0.25, -0.2) is 0 Å². The summed E-state index contributed by atoms with van der Waals surface area (Å²) in [5.74, 6) is 1.07. The third-order valence-electron chi connectivity index (χ3n) is 3.99. The van der Waals surface area contributed by atoms with Crippen molar-refractivity contribution in [1.29, 1.82) is 0 Å². The van der Waals surface area contributed by atoms with Crippen molar-refractivity contribution < 1.29 is 5.11 Å². The first-order valence-corrected chi connectivity index (χ1v) is 7.33. The van der Waals surface area contributed by atoms with Gasteiger partial charge in [0.1, 0.15) is 12.1 Å². The highest BCUT2D eigenvalue weighted by molar-refractivity contribution is 5.53. The van der Waals surface area contributed by atoms with E-state index < -0.39 is 0 Å². The largest absolute Gasteiger partial charge is 0.395 e. The van der Waals surface area contributed by atoms with E-state index in [2.05, 4.69) is 25.4 Å². The number of nitrogens with two attached hydrogens (primary N) is 1. The van der Waals surface area contributed by atoms with Crippen molar-refractivity contribution in [1.82, 2.24) is 24.5 Å². The van der Waals surface area contributed by atoms with Gasteiger partial charge in [-0.1, -0.05) is 6.42 Å². The molecule has 0 radical (unpaired) electrons. The molecule has 1 fully saturated rings. The summed E-state index contributed by atoms with van der Waals surface area (Å²) in [6.07, 6.45) is 5.03. The third kappa shape index (κ3) is 3.06. The molecule has 1 unspecified atom stereocenters. The zero-order valence-corrected chi connectivity index (χ0v) is 11.9. The van der Waals surface area contributed by atoms with Crippen molar-refractivity contribution in [2.24, 2.45) is 0 Å². The molecule has 21 heavy (non-hydrogen) atoms. The predicted molar refractivity (Wildman–Crippen MR) is 80.0 cm³/mol. The molecule has 1 saturated heterocycles. The molecule has 3 heterocycles. The van der Waals surface area contributed by atoms with E-state index in [0.717, 1.165) is 26.1 Å². The van der Waals surface area contributed by atoms with Gasteiger partial charge in [0.15, 0.2) is 5.65 Å². The van der Waals surface area contributed by atoms with Gasteiger partial charge in [0.25, 0.3) is 0 Å². The summed E-state index contributed by atoms with van der Waals surface area (Å²) in [5, 5.41) is 20.4. The summed E-state index contributed by atoms with van der Waals surface area (Å²) >= 11 is 0. The lowest BCUT2D eigenvalue weighted by Crippen LogP contribution is -2.44. The van der Waals surface area contributed by atoms with E-state index in [9.17, 15) is 5.11 Å². The second-order valence-electron chi connectivity index (χ2n) is 5.35. The average Bonchev–Trinajstić information content (AvgIpc) is 2.97. The summed E-state index contributed by atoms with van der Waals surface area (Å²) < 4.78 is 1.64. The standard InChI is InChI=1S/C13H21N7O/c14-13-17-11(7-12-18-16-9-20(12)13)15-4-6-19-5-2-1-3-10(19)8-21/h7,9-10,15,21H,1-6,8H2,(H2,14,17). The Morgan fingerprint density at radius 2 is 2.33 bits per heavy atom. The topological polar surface area (TPSA) is 105 Å². The lowest BCUT2D eigenvalue weighted by atomic mass is 10.0. The van der Waals surface area contributed by atoms with Gasteiger partial charge in [0, 0.05) is 25.2 Å². The SMILES string of the molecule is Nc1nc(NCCN2CCCCC2CO)cc2nncn12. The van der Waals surface area contributed by atoms with Crippen LogP contribution in [0, 0.1) is 0 Å². The van der Waals surface area contributed by atoms with Crippen LogP contribution in [0.5, 0.6) is 0 Å². The lowest BCUT2D eigenvalue weighted by molar-refractivity contribution is 0.0940. The molecule has 1 aliphatic heterocycles. The Balaban J connectivity index is 1.58. The number of rotatable bonds is 5. The molecule has 8 heteroatoms. The minimum atomic E-state index is 0.233. The number of aliphatic hydroxyl groups is 1. The maximum Gasteiger partial charge on any atom is 0.209 e. The summed E-state index contributed by atoms with van der Waals surface area (Å²) in [6, 6.07) is 2.11. The molecule has 0 spiro atoms. The third-order valence-corrected chi connectivity index (χ3v) is 3.99. The van der Waals surface area contributed by atoms with Gasteiger partial charge in [-0.05, 0) is 19.4 Å². The molecule has 1 atom stereocenters. The first kappa shape index (κ1) is 14.0. The minimum Gasteiger partial charge on any atom is -0.395 e. The van der Waals surface area contributed by atoms with Gasteiger partial charge < -0.3 is 16.2 Å². The zero-order chi connectivity index (χ0) is 14.7. The minimum absolute atomic E-state index is 0.233. The van der Waals surface area contributed by atoms with Crippen LogP contribution in [0.15, 0.2) is 12.4 Å². The molecule has 0 aromatic carbocycles. The molecule has 0 bridgehead atoms. The number of nitrogen functional groups attached to an aromatic ring is 1. The van der Waals surface area contributed by atoms with Gasteiger partial charge in [-0.2, -0.15) is 4.98 Å². The summed E-state index contributed by atoms with van der Waals surface area (Å²) in [6.45, 7) is 2.92. The van der Waals surface area contributed by atoms with Crippen LogP contribution in [-0.4, -0.2) is 61.9 Å². The van der Waals surface area contributed by atoms with Crippen molar-refractivity contribution in [3.8, 4) is 0 Å². The molecule has 0 amide bonds. The van der Waals surface area contributed by atoms with Crippen LogP contribution in [0.3, 0.4) is 0 Å². The van der Waals surface area contributed by atoms with Crippen molar-refractivity contribution in [2.75, 3.05) is 37.3 Å². The van der Waals surface area contributed by atoms with Gasteiger partial charge in [-0.3, -0.25) is 9.30 Å². The molecular weight excluding hydrogens is 270 g/mol. The van der Waals surface area contributed by atoms with E-state index in [0.29, 0.717) is 17.4 Å². The molecule has 8 nitrogen and oxygen atoms in total. The van der Waals surface area contributed by atoms with Crippen molar-refractivity contribution in [3.63, 3.8) is 0 Å². The number of nitrogens with zero attached hydrogens (tertiary/aromatic N) is 5. The van der Waals surface area contributed by atoms with Crippen LogP contribution in [0.25, 0.3) is 5.65 Å². The first-order chi connectivity index (χ1) is 10.3. The Labute approximate surface area is 123 Å². The van der Waals surface area contributed by atoms with Crippen LogP contribution in [-0.2, 0) is 0 Å². The molecule has 4 N–H and O–H groups in total. The number of likely N-dealkylation sites (tertiary alicyclic amines) is 1. The van der Waals surface area contributed by atoms with Gasteiger partial charge in [0.05, 0.1) is 6.61 Å². The van der Waals surface area contributed by atoms with E-state index in [4.69, 9.17) is 5.73 Å². The van der Waals surface area contributed by atoms with Gasteiger partial charge in [0.2, 0.25) is 5.95 Å². The summed E-state index contributed by atoms with van der Waals surface area (Å²) in [5.41, 5.74) is 6.53. The van der Waals surface area contributed by atoms with Gasteiger partial charge >= 0.3 is 0 Å². The van der Waals surface area contributed by atoms with Crippen LogP contribution >= 0.6 is 0 Å². The number of aromatic nitrogens is 4. The van der Waals surface area contributed by atoms with Crippen molar-refractivity contribution in [2.45, 2.75) is 25.3 Å². The Kier molecular flexibility index (Phi) is 4.16. The molecular formula is C13H21N7O. The number of piperidine rings is 1. The van der Waals surface area contributed by atoms with E-state index in [1.807, 2.05) is 6.07 Å². The van der Waals surface area contributed by atoms with E-state index in [1.54, 1.807) is 10.7 Å². The second-order valence-corrected chi connectivity index (χ2v) is 5.35. The van der Waals surface area contributed by atoms with Crippen LogP contribution in [0.1, 0.15) is 19.3 Å². The molecule has 2 aromatic heterocycles. The number of nitrogens with one attached hydrogen (secondary N) is 1. The first-order valence-electron chi connectivity index (χ1n) is 7.33. The molecule has 1 aliphatic rings. The van der Waals surface area contributed by atoms with E-state index in [1.165, 1.54) is 12.8 Å². The van der Waals surface area contributed by atoms with Crippen molar-refractivity contribution >= 4 is 17.4 Å². The lowest BCUT2D eigenvalue weighted by Gasteiger charge is -2.34. The average molecular weight is 291 g/mol. The molecule has 0 saturated carbocycles. The molecule has 3 rings (SSSR count). The molecule has 114 valence electrons. The summed E-state index contributed by atoms with van der Waals surface area (Å²) in [4.78, 5) is 6.61. The normalized spacial score (nSPS) is 20.0. The second kappa shape index (κ2) is 6.23. The Morgan fingerprint density at radius 1 is 1.43 bits per heavy atom. The highest BCUT2D eigenvalue weighted by Crippen LogP contribution is 2.16. The highest BCUT2D eigenvalue weighted by Gasteiger charge is 2.20. The molecule has 0 aliphatic carbocycles. The highest BCUT2D eigenvalue weighted by atomic mass is 16.3. The fraction of sp³-hybridized carbons (Fsp3) is 0.615. The van der Waals surface area contributed by atoms with Crippen LogP contribution in [0.2, 0.25) is 0 Å². The zero-order valence-electron chi connectivity index (χ0n) is 11.9. The maximum absolute atomic E-state index is 9.40. The predicted octanol–water partition coefficient (Wildman–Crippen LogP) is -0.0348. The van der Waals surface area contributed by atoms with E-state index >= 15 is 0 Å².